The Labute approximate surface area is 129 Å². The zero-order chi connectivity index (χ0) is 16.0. The number of hydrogen-bond acceptors (Lipinski definition) is 4. The lowest BCUT2D eigenvalue weighted by atomic mass is 10.1. The molecular weight excluding hydrogens is 280 g/mol. The quantitative estimate of drug-likeness (QED) is 0.524. The summed E-state index contributed by atoms with van der Waals surface area (Å²) >= 11 is 0. The second kappa shape index (κ2) is 11.0. The summed E-state index contributed by atoms with van der Waals surface area (Å²) in [4.78, 5) is 21.4. The summed E-state index contributed by atoms with van der Waals surface area (Å²) in [6.45, 7) is -0.194. The van der Waals surface area contributed by atoms with Crippen molar-refractivity contribution in [3.8, 4) is 0 Å². The van der Waals surface area contributed by atoms with Gasteiger partial charge < -0.3 is 9.84 Å². The number of rotatable bonds is 5. The van der Waals surface area contributed by atoms with Crippen LogP contribution in [0.3, 0.4) is 0 Å². The van der Waals surface area contributed by atoms with Gasteiger partial charge in [-0.3, -0.25) is 4.79 Å². The molecule has 1 N–H and O–H groups in total. The van der Waals surface area contributed by atoms with Crippen LogP contribution in [0.2, 0.25) is 0 Å². The minimum Gasteiger partial charge on any atom is -0.460 e. The van der Waals surface area contributed by atoms with Gasteiger partial charge in [0, 0.05) is 11.6 Å². The van der Waals surface area contributed by atoms with E-state index in [4.69, 9.17) is 5.11 Å². The minimum absolute atomic E-state index is 0.00669. The van der Waals surface area contributed by atoms with Crippen molar-refractivity contribution in [1.82, 2.24) is 0 Å². The summed E-state index contributed by atoms with van der Waals surface area (Å²) in [6, 6.07) is 18.8. The number of carbonyl (C=O) groups excluding carboxylic acids is 2. The standard InChI is InChI=1S/C12H12O4.C6H6/c13-7-8-16-12(15)6-5-10-1-3-11(9-14)4-2-10;1-2-4-6-5-3-1/h1-6,9,13H,7-8H2;1-6H. The lowest BCUT2D eigenvalue weighted by Crippen LogP contribution is -2.04. The predicted molar refractivity (Wildman–Crippen MR) is 85.4 cm³/mol. The van der Waals surface area contributed by atoms with Gasteiger partial charge in [-0.05, 0) is 11.6 Å². The van der Waals surface area contributed by atoms with E-state index in [2.05, 4.69) is 4.74 Å². The van der Waals surface area contributed by atoms with Crippen LogP contribution in [0.5, 0.6) is 0 Å². The van der Waals surface area contributed by atoms with Gasteiger partial charge in [0.25, 0.3) is 0 Å². The highest BCUT2D eigenvalue weighted by Crippen LogP contribution is 2.04. The molecule has 0 atom stereocenters. The summed E-state index contributed by atoms with van der Waals surface area (Å²) in [5.41, 5.74) is 1.38. The van der Waals surface area contributed by atoms with Gasteiger partial charge in [-0.1, -0.05) is 60.7 Å². The number of carbonyl (C=O) groups is 2. The minimum atomic E-state index is -0.506. The Bertz CT molecular complexity index is 547. The highest BCUT2D eigenvalue weighted by atomic mass is 16.5. The molecule has 0 fully saturated rings. The lowest BCUT2D eigenvalue weighted by Gasteiger charge is -1.97. The van der Waals surface area contributed by atoms with Crippen LogP contribution >= 0.6 is 0 Å². The van der Waals surface area contributed by atoms with Gasteiger partial charge in [-0.15, -0.1) is 0 Å². The third kappa shape index (κ3) is 7.77. The Morgan fingerprint density at radius 3 is 1.91 bits per heavy atom. The molecule has 0 saturated carbocycles. The molecule has 0 aromatic heterocycles. The molecule has 0 bridgehead atoms. The summed E-state index contributed by atoms with van der Waals surface area (Å²) < 4.78 is 4.63. The topological polar surface area (TPSA) is 63.6 Å². The first-order valence-corrected chi connectivity index (χ1v) is 6.77. The van der Waals surface area contributed by atoms with Crippen molar-refractivity contribution in [2.24, 2.45) is 0 Å². The fourth-order valence-electron chi connectivity index (χ4n) is 1.43. The van der Waals surface area contributed by atoms with E-state index in [1.807, 2.05) is 36.4 Å². The third-order valence-corrected chi connectivity index (χ3v) is 2.49. The van der Waals surface area contributed by atoms with Crippen LogP contribution in [0, 0.1) is 0 Å². The van der Waals surface area contributed by atoms with E-state index in [9.17, 15) is 9.59 Å². The van der Waals surface area contributed by atoms with Gasteiger partial charge in [-0.2, -0.15) is 0 Å². The van der Waals surface area contributed by atoms with E-state index in [1.54, 1.807) is 30.3 Å². The molecule has 0 radical (unpaired) electrons. The maximum absolute atomic E-state index is 11.0. The molecule has 2 rings (SSSR count). The van der Waals surface area contributed by atoms with Crippen molar-refractivity contribution in [2.75, 3.05) is 13.2 Å². The van der Waals surface area contributed by atoms with Gasteiger partial charge in [0.2, 0.25) is 0 Å². The molecule has 4 heteroatoms. The number of aliphatic hydroxyl groups excluding tert-OH is 1. The zero-order valence-corrected chi connectivity index (χ0v) is 12.1. The van der Waals surface area contributed by atoms with E-state index >= 15 is 0 Å². The molecule has 2 aromatic rings. The molecule has 0 spiro atoms. The van der Waals surface area contributed by atoms with E-state index in [0.29, 0.717) is 5.56 Å². The summed E-state index contributed by atoms with van der Waals surface area (Å²) in [5, 5.41) is 8.42. The first-order valence-electron chi connectivity index (χ1n) is 6.77. The van der Waals surface area contributed by atoms with Crippen LogP contribution in [0.4, 0.5) is 0 Å². The van der Waals surface area contributed by atoms with Crippen molar-refractivity contribution in [3.05, 3.63) is 77.9 Å². The largest absolute Gasteiger partial charge is 0.460 e. The molecule has 0 heterocycles. The SMILES string of the molecule is O=Cc1ccc(C=CC(=O)OCCO)cc1.c1ccccc1. The summed E-state index contributed by atoms with van der Waals surface area (Å²) in [6.07, 6.45) is 3.60. The predicted octanol–water partition coefficient (Wildman–Crippen LogP) is 2.73. The average Bonchev–Trinajstić information content (AvgIpc) is 2.60. The molecule has 0 saturated heterocycles. The molecule has 114 valence electrons. The molecule has 0 aliphatic rings. The molecule has 0 aliphatic carbocycles. The average molecular weight is 298 g/mol. The van der Waals surface area contributed by atoms with Crippen LogP contribution in [-0.2, 0) is 9.53 Å². The fourth-order valence-corrected chi connectivity index (χ4v) is 1.43. The molecule has 2 aromatic carbocycles. The molecular formula is C18H18O4. The maximum Gasteiger partial charge on any atom is 0.330 e. The fraction of sp³-hybridized carbons (Fsp3) is 0.111. The first kappa shape index (κ1) is 17.3. The van der Waals surface area contributed by atoms with E-state index in [-0.39, 0.29) is 13.2 Å². The van der Waals surface area contributed by atoms with Crippen LogP contribution in [0.25, 0.3) is 6.08 Å². The van der Waals surface area contributed by atoms with Crippen LogP contribution < -0.4 is 0 Å². The normalized spacial score (nSPS) is 9.68. The van der Waals surface area contributed by atoms with Crippen molar-refractivity contribution >= 4 is 18.3 Å². The van der Waals surface area contributed by atoms with E-state index in [0.717, 1.165) is 11.8 Å². The Morgan fingerprint density at radius 2 is 1.45 bits per heavy atom. The van der Waals surface area contributed by atoms with E-state index in [1.165, 1.54) is 6.08 Å². The number of esters is 1. The molecule has 22 heavy (non-hydrogen) atoms. The van der Waals surface area contributed by atoms with Crippen molar-refractivity contribution in [1.29, 1.82) is 0 Å². The van der Waals surface area contributed by atoms with Gasteiger partial charge in [0.1, 0.15) is 12.9 Å². The van der Waals surface area contributed by atoms with Crippen LogP contribution in [0.15, 0.2) is 66.7 Å². The Kier molecular flexibility index (Phi) is 8.66. The Balaban J connectivity index is 0.000000335. The van der Waals surface area contributed by atoms with Gasteiger partial charge >= 0.3 is 5.97 Å². The lowest BCUT2D eigenvalue weighted by molar-refractivity contribution is -0.138. The number of hydrogen-bond donors (Lipinski definition) is 1. The highest BCUT2D eigenvalue weighted by molar-refractivity contribution is 5.87. The molecule has 0 aliphatic heterocycles. The summed E-state index contributed by atoms with van der Waals surface area (Å²) in [5.74, 6) is -0.506. The smallest absolute Gasteiger partial charge is 0.330 e. The Morgan fingerprint density at radius 1 is 0.955 bits per heavy atom. The van der Waals surface area contributed by atoms with Gasteiger partial charge in [0.15, 0.2) is 0 Å². The highest BCUT2D eigenvalue weighted by Gasteiger charge is 1.95. The molecule has 0 unspecified atom stereocenters. The second-order valence-electron chi connectivity index (χ2n) is 4.16. The van der Waals surface area contributed by atoms with Crippen LogP contribution in [0.1, 0.15) is 15.9 Å². The van der Waals surface area contributed by atoms with Crippen LogP contribution in [-0.4, -0.2) is 30.6 Å². The van der Waals surface area contributed by atoms with E-state index < -0.39 is 5.97 Å². The number of benzene rings is 2. The molecule has 0 amide bonds. The maximum atomic E-state index is 11.0. The number of aldehydes is 1. The van der Waals surface area contributed by atoms with Crippen molar-refractivity contribution in [3.63, 3.8) is 0 Å². The number of aliphatic hydroxyl groups is 1. The second-order valence-corrected chi connectivity index (χ2v) is 4.16. The molecule has 4 nitrogen and oxygen atoms in total. The van der Waals surface area contributed by atoms with Crippen molar-refractivity contribution in [2.45, 2.75) is 0 Å². The van der Waals surface area contributed by atoms with Gasteiger partial charge in [-0.25, -0.2) is 4.79 Å². The number of ether oxygens (including phenoxy) is 1. The summed E-state index contributed by atoms with van der Waals surface area (Å²) in [7, 11) is 0. The van der Waals surface area contributed by atoms with Gasteiger partial charge in [0.05, 0.1) is 6.61 Å². The zero-order valence-electron chi connectivity index (χ0n) is 12.1. The first-order chi connectivity index (χ1) is 10.8. The third-order valence-electron chi connectivity index (χ3n) is 2.49. The monoisotopic (exact) mass is 298 g/mol. The Hall–Kier alpha value is -2.72. The van der Waals surface area contributed by atoms with Crippen molar-refractivity contribution < 1.29 is 19.4 Å².